The third kappa shape index (κ3) is 2.78. The van der Waals surface area contributed by atoms with Crippen LogP contribution in [0, 0.1) is 18.8 Å². The van der Waals surface area contributed by atoms with Crippen molar-refractivity contribution in [3.63, 3.8) is 0 Å². The fourth-order valence-corrected chi connectivity index (χ4v) is 3.00. The van der Waals surface area contributed by atoms with Gasteiger partial charge < -0.3 is 5.32 Å². The summed E-state index contributed by atoms with van der Waals surface area (Å²) in [7, 11) is 1.79. The smallest absolute Gasteiger partial charge is 0.273 e. The third-order valence-corrected chi connectivity index (χ3v) is 4.95. The fraction of sp³-hybridized carbons (Fsp3) is 0.714. The number of aromatic nitrogens is 2. The Labute approximate surface area is 119 Å². The summed E-state index contributed by atoms with van der Waals surface area (Å²) in [5.74, 6) is 1.00. The van der Waals surface area contributed by atoms with Gasteiger partial charge in [0.25, 0.3) is 5.91 Å². The van der Waals surface area contributed by atoms with E-state index in [0.717, 1.165) is 12.1 Å². The molecule has 1 aromatic heterocycles. The first-order valence-electron chi connectivity index (χ1n) is 6.91. The second kappa shape index (κ2) is 5.53. The molecule has 1 aromatic rings. The van der Waals surface area contributed by atoms with Crippen molar-refractivity contribution in [1.82, 2.24) is 15.1 Å². The zero-order valence-electron chi connectivity index (χ0n) is 12.0. The summed E-state index contributed by atoms with van der Waals surface area (Å²) in [4.78, 5) is 12.3. The standard InChI is InChI=1S/C14H22ClN3O/c1-8-6-5-7-11(9(8)2)16-14(19)13-12(15)10(3)18(4)17-13/h8-9,11H,5-7H2,1-4H3,(H,16,19). The van der Waals surface area contributed by atoms with Crippen LogP contribution in [0.1, 0.15) is 49.3 Å². The maximum atomic E-state index is 12.3. The lowest BCUT2D eigenvalue weighted by Crippen LogP contribution is -2.43. The van der Waals surface area contributed by atoms with Crippen molar-refractivity contribution in [2.24, 2.45) is 18.9 Å². The van der Waals surface area contributed by atoms with E-state index in [0.29, 0.717) is 22.6 Å². The van der Waals surface area contributed by atoms with E-state index >= 15 is 0 Å². The zero-order valence-corrected chi connectivity index (χ0v) is 12.8. The van der Waals surface area contributed by atoms with E-state index < -0.39 is 0 Å². The van der Waals surface area contributed by atoms with Gasteiger partial charge in [0.15, 0.2) is 5.69 Å². The molecule has 1 amide bonds. The topological polar surface area (TPSA) is 46.9 Å². The monoisotopic (exact) mass is 283 g/mol. The third-order valence-electron chi connectivity index (χ3n) is 4.50. The molecule has 19 heavy (non-hydrogen) atoms. The highest BCUT2D eigenvalue weighted by Crippen LogP contribution is 2.30. The second-order valence-corrected chi connectivity index (χ2v) is 6.10. The highest BCUT2D eigenvalue weighted by atomic mass is 35.5. The molecule has 2 rings (SSSR count). The lowest BCUT2D eigenvalue weighted by Gasteiger charge is -2.34. The molecule has 1 fully saturated rings. The molecule has 1 aliphatic rings. The summed E-state index contributed by atoms with van der Waals surface area (Å²) in [6.07, 6.45) is 3.46. The fourth-order valence-electron chi connectivity index (χ4n) is 2.75. The predicted octanol–water partition coefficient (Wildman–Crippen LogP) is 2.94. The molecule has 106 valence electrons. The van der Waals surface area contributed by atoms with Crippen LogP contribution >= 0.6 is 11.6 Å². The molecule has 1 N–H and O–H groups in total. The molecule has 1 aliphatic carbocycles. The van der Waals surface area contributed by atoms with Gasteiger partial charge in [-0.15, -0.1) is 0 Å². The number of carbonyl (C=O) groups is 1. The van der Waals surface area contributed by atoms with Gasteiger partial charge in [-0.05, 0) is 25.2 Å². The molecular weight excluding hydrogens is 262 g/mol. The average molecular weight is 284 g/mol. The number of aryl methyl sites for hydroxylation is 1. The Hall–Kier alpha value is -1.03. The van der Waals surface area contributed by atoms with Crippen molar-refractivity contribution in [3.8, 4) is 0 Å². The van der Waals surface area contributed by atoms with Crippen molar-refractivity contribution < 1.29 is 4.79 Å². The number of nitrogens with zero attached hydrogens (tertiary/aromatic N) is 2. The maximum Gasteiger partial charge on any atom is 0.273 e. The number of rotatable bonds is 2. The van der Waals surface area contributed by atoms with Crippen molar-refractivity contribution in [2.75, 3.05) is 0 Å². The van der Waals surface area contributed by atoms with Crippen LogP contribution in [-0.4, -0.2) is 21.7 Å². The van der Waals surface area contributed by atoms with Crippen molar-refractivity contribution in [2.45, 2.75) is 46.1 Å². The van der Waals surface area contributed by atoms with E-state index in [-0.39, 0.29) is 11.9 Å². The van der Waals surface area contributed by atoms with Gasteiger partial charge in [0, 0.05) is 13.1 Å². The van der Waals surface area contributed by atoms with Crippen molar-refractivity contribution >= 4 is 17.5 Å². The Morgan fingerprint density at radius 1 is 1.42 bits per heavy atom. The van der Waals surface area contributed by atoms with Crippen LogP contribution in [0.2, 0.25) is 5.02 Å². The van der Waals surface area contributed by atoms with Crippen molar-refractivity contribution in [3.05, 3.63) is 16.4 Å². The maximum absolute atomic E-state index is 12.3. The number of halogens is 1. The van der Waals surface area contributed by atoms with Crippen LogP contribution in [0.4, 0.5) is 0 Å². The van der Waals surface area contributed by atoms with E-state index in [1.54, 1.807) is 11.7 Å². The molecule has 4 nitrogen and oxygen atoms in total. The molecule has 5 heteroatoms. The van der Waals surface area contributed by atoms with E-state index in [2.05, 4.69) is 24.3 Å². The van der Waals surface area contributed by atoms with E-state index in [1.165, 1.54) is 12.8 Å². The van der Waals surface area contributed by atoms with Gasteiger partial charge in [-0.2, -0.15) is 5.10 Å². The minimum atomic E-state index is -0.153. The van der Waals surface area contributed by atoms with Crippen LogP contribution in [0.25, 0.3) is 0 Å². The van der Waals surface area contributed by atoms with Crippen LogP contribution in [0.15, 0.2) is 0 Å². The Bertz CT molecular complexity index is 483. The Morgan fingerprint density at radius 3 is 2.68 bits per heavy atom. The summed E-state index contributed by atoms with van der Waals surface area (Å²) in [6, 6.07) is 0.231. The van der Waals surface area contributed by atoms with Gasteiger partial charge in [-0.3, -0.25) is 9.48 Å². The Morgan fingerprint density at radius 2 is 2.11 bits per heavy atom. The predicted molar refractivity (Wildman–Crippen MR) is 76.4 cm³/mol. The number of amides is 1. The normalized spacial score (nSPS) is 27.3. The first kappa shape index (κ1) is 14.4. The van der Waals surface area contributed by atoms with E-state index in [9.17, 15) is 4.79 Å². The Kier molecular flexibility index (Phi) is 4.19. The highest BCUT2D eigenvalue weighted by Gasteiger charge is 2.29. The summed E-state index contributed by atoms with van der Waals surface area (Å²) in [6.45, 7) is 6.32. The van der Waals surface area contributed by atoms with E-state index in [4.69, 9.17) is 11.6 Å². The highest BCUT2D eigenvalue weighted by molar-refractivity contribution is 6.34. The summed E-state index contributed by atoms with van der Waals surface area (Å²) in [5.41, 5.74) is 1.16. The second-order valence-electron chi connectivity index (χ2n) is 5.72. The van der Waals surface area contributed by atoms with Crippen LogP contribution < -0.4 is 5.32 Å². The van der Waals surface area contributed by atoms with Gasteiger partial charge in [0.1, 0.15) is 0 Å². The SMILES string of the molecule is Cc1c(Cl)c(C(=O)NC2CCCC(C)C2C)nn1C. The average Bonchev–Trinajstić information content (AvgIpc) is 2.63. The van der Waals surface area contributed by atoms with Gasteiger partial charge in [0.2, 0.25) is 0 Å². The summed E-state index contributed by atoms with van der Waals surface area (Å²) < 4.78 is 1.64. The van der Waals surface area contributed by atoms with Gasteiger partial charge in [-0.1, -0.05) is 38.3 Å². The number of hydrogen-bond donors (Lipinski definition) is 1. The lowest BCUT2D eigenvalue weighted by molar-refractivity contribution is 0.0885. The molecule has 0 saturated heterocycles. The number of hydrogen-bond acceptors (Lipinski definition) is 2. The molecule has 1 heterocycles. The molecule has 0 spiro atoms. The minimum Gasteiger partial charge on any atom is -0.348 e. The molecular formula is C14H22ClN3O. The molecule has 0 aromatic carbocycles. The minimum absolute atomic E-state index is 0.153. The Balaban J connectivity index is 2.10. The largest absolute Gasteiger partial charge is 0.348 e. The van der Waals surface area contributed by atoms with E-state index in [1.807, 2.05) is 6.92 Å². The first-order chi connectivity index (χ1) is 8.91. The van der Waals surface area contributed by atoms with Gasteiger partial charge in [-0.25, -0.2) is 0 Å². The van der Waals surface area contributed by atoms with Gasteiger partial charge in [0.05, 0.1) is 10.7 Å². The number of nitrogens with one attached hydrogen (secondary N) is 1. The summed E-state index contributed by atoms with van der Waals surface area (Å²) >= 11 is 6.15. The van der Waals surface area contributed by atoms with Crippen LogP contribution in [0.5, 0.6) is 0 Å². The summed E-state index contributed by atoms with van der Waals surface area (Å²) in [5, 5.41) is 7.74. The molecule has 0 radical (unpaired) electrons. The zero-order chi connectivity index (χ0) is 14.2. The first-order valence-corrected chi connectivity index (χ1v) is 7.29. The van der Waals surface area contributed by atoms with Gasteiger partial charge >= 0.3 is 0 Å². The quantitative estimate of drug-likeness (QED) is 0.907. The van der Waals surface area contributed by atoms with Crippen LogP contribution in [-0.2, 0) is 7.05 Å². The lowest BCUT2D eigenvalue weighted by atomic mass is 9.78. The molecule has 1 saturated carbocycles. The van der Waals surface area contributed by atoms with Crippen molar-refractivity contribution in [1.29, 1.82) is 0 Å². The molecule has 0 bridgehead atoms. The molecule has 3 unspecified atom stereocenters. The molecule has 0 aliphatic heterocycles. The number of carbonyl (C=O) groups excluding carboxylic acids is 1. The molecule has 3 atom stereocenters. The van der Waals surface area contributed by atoms with Crippen LogP contribution in [0.3, 0.4) is 0 Å².